The summed E-state index contributed by atoms with van der Waals surface area (Å²) in [6, 6.07) is -0.192. The summed E-state index contributed by atoms with van der Waals surface area (Å²) in [4.78, 5) is 29.9. The van der Waals surface area contributed by atoms with E-state index in [2.05, 4.69) is 4.90 Å². The van der Waals surface area contributed by atoms with Crippen molar-refractivity contribution in [2.75, 3.05) is 51.3 Å². The fourth-order valence-electron chi connectivity index (χ4n) is 2.70. The van der Waals surface area contributed by atoms with Gasteiger partial charge in [-0.2, -0.15) is 0 Å². The molecule has 0 aliphatic carbocycles. The van der Waals surface area contributed by atoms with Gasteiger partial charge in [-0.15, -0.1) is 0 Å². The van der Waals surface area contributed by atoms with Gasteiger partial charge in [0, 0.05) is 68.5 Å². The molecule has 0 N–H and O–H groups in total. The largest absolute Gasteiger partial charge is 0.343 e. The number of carbonyl (C=O) groups excluding carboxylic acids is 2. The minimum Gasteiger partial charge on any atom is -0.343 e. The van der Waals surface area contributed by atoms with Crippen molar-refractivity contribution in [1.29, 1.82) is 0 Å². The molecule has 2 rings (SSSR count). The second-order valence-electron chi connectivity index (χ2n) is 5.33. The summed E-state index contributed by atoms with van der Waals surface area (Å²) in [5.41, 5.74) is 0. The van der Waals surface area contributed by atoms with Crippen LogP contribution < -0.4 is 0 Å². The molecule has 2 atom stereocenters. The van der Waals surface area contributed by atoms with Crippen molar-refractivity contribution in [3.8, 4) is 0 Å². The number of amides is 2. The number of piperazine rings is 2. The number of hydrogen-bond acceptors (Lipinski definition) is 4. The molecule has 2 aliphatic heterocycles. The second-order valence-corrected chi connectivity index (χ2v) is 7.20. The van der Waals surface area contributed by atoms with E-state index in [1.165, 1.54) is 0 Å². The van der Waals surface area contributed by atoms with Crippen LogP contribution in [-0.4, -0.2) is 88.0 Å². The number of nitrogens with zero attached hydrogens (tertiary/aromatic N) is 3. The Hall–Kier alpha value is -0.950. The van der Waals surface area contributed by atoms with Crippen LogP contribution in [0.3, 0.4) is 0 Å². The summed E-state index contributed by atoms with van der Waals surface area (Å²) >= 11 is 0. The summed E-state index contributed by atoms with van der Waals surface area (Å²) < 4.78 is 11.4. The molecule has 0 radical (unpaired) electrons. The number of likely N-dealkylation sites (N-methyl/N-ethyl adjacent to an activating group) is 1. The molecule has 7 heteroatoms. The van der Waals surface area contributed by atoms with Gasteiger partial charge in [0.05, 0.1) is 0 Å². The highest BCUT2D eigenvalue weighted by Crippen LogP contribution is 2.16. The molecule has 2 amide bonds. The van der Waals surface area contributed by atoms with Crippen LogP contribution in [0.1, 0.15) is 13.3 Å². The SMILES string of the molecule is CC[S@](=O)CCC(=O)N1CCN2CCN(C)C(=O)[C@H]2C1. The maximum absolute atomic E-state index is 12.1. The van der Waals surface area contributed by atoms with Gasteiger partial charge in [-0.05, 0) is 0 Å². The van der Waals surface area contributed by atoms with Gasteiger partial charge in [0.25, 0.3) is 0 Å². The van der Waals surface area contributed by atoms with Crippen LogP contribution in [0.4, 0.5) is 0 Å². The van der Waals surface area contributed by atoms with Crippen LogP contribution in [0.25, 0.3) is 0 Å². The van der Waals surface area contributed by atoms with Crippen LogP contribution in [0.2, 0.25) is 0 Å². The van der Waals surface area contributed by atoms with Gasteiger partial charge >= 0.3 is 0 Å². The standard InChI is InChI=1S/C13H23N3O3S/c1-3-20(19)9-4-12(17)16-8-7-15-6-5-14(2)13(18)11(15)10-16/h11H,3-10H2,1-2H3/t11-,20+/m1/s1. The van der Waals surface area contributed by atoms with E-state index in [0.717, 1.165) is 19.6 Å². The molecule has 2 heterocycles. The number of carbonyl (C=O) groups is 2. The molecule has 6 nitrogen and oxygen atoms in total. The van der Waals surface area contributed by atoms with E-state index in [9.17, 15) is 13.8 Å². The van der Waals surface area contributed by atoms with Crippen LogP contribution in [0.5, 0.6) is 0 Å². The van der Waals surface area contributed by atoms with Crippen LogP contribution in [0.15, 0.2) is 0 Å². The van der Waals surface area contributed by atoms with Crippen molar-refractivity contribution in [1.82, 2.24) is 14.7 Å². The Labute approximate surface area is 122 Å². The van der Waals surface area contributed by atoms with Gasteiger partial charge in [0.2, 0.25) is 11.8 Å². The summed E-state index contributed by atoms with van der Waals surface area (Å²) in [7, 11) is 0.905. The molecule has 0 spiro atoms. The Balaban J connectivity index is 1.90. The van der Waals surface area contributed by atoms with Gasteiger partial charge in [-0.3, -0.25) is 18.7 Å². The molecule has 2 saturated heterocycles. The Kier molecular flexibility index (Phi) is 5.15. The van der Waals surface area contributed by atoms with Crippen LogP contribution in [-0.2, 0) is 20.4 Å². The zero-order chi connectivity index (χ0) is 14.7. The summed E-state index contributed by atoms with van der Waals surface area (Å²) in [5.74, 6) is 1.14. The van der Waals surface area contributed by atoms with Crippen LogP contribution >= 0.6 is 0 Å². The zero-order valence-corrected chi connectivity index (χ0v) is 13.0. The number of rotatable bonds is 4. The molecule has 0 bridgehead atoms. The Bertz CT molecular complexity index is 416. The first-order valence-electron chi connectivity index (χ1n) is 7.14. The highest BCUT2D eigenvalue weighted by Gasteiger charge is 2.38. The maximum atomic E-state index is 12.1. The summed E-state index contributed by atoms with van der Waals surface area (Å²) in [5, 5.41) is 0. The average molecular weight is 301 g/mol. The fraction of sp³-hybridized carbons (Fsp3) is 0.846. The van der Waals surface area contributed by atoms with Gasteiger partial charge in [-0.1, -0.05) is 6.92 Å². The van der Waals surface area contributed by atoms with Crippen molar-refractivity contribution in [2.24, 2.45) is 0 Å². The van der Waals surface area contributed by atoms with E-state index in [1.54, 1.807) is 9.80 Å². The third-order valence-corrected chi connectivity index (χ3v) is 5.40. The zero-order valence-electron chi connectivity index (χ0n) is 12.2. The maximum Gasteiger partial charge on any atom is 0.241 e. The van der Waals surface area contributed by atoms with Crippen molar-refractivity contribution in [2.45, 2.75) is 19.4 Å². The first kappa shape index (κ1) is 15.4. The van der Waals surface area contributed by atoms with Gasteiger partial charge in [0.1, 0.15) is 6.04 Å². The fourth-order valence-corrected chi connectivity index (χ4v) is 3.39. The van der Waals surface area contributed by atoms with Crippen molar-refractivity contribution >= 4 is 22.6 Å². The molecule has 0 saturated carbocycles. The van der Waals surface area contributed by atoms with Crippen LogP contribution in [0, 0.1) is 0 Å². The normalized spacial score (nSPS) is 25.5. The summed E-state index contributed by atoms with van der Waals surface area (Å²) in [6.45, 7) is 5.40. The smallest absolute Gasteiger partial charge is 0.241 e. The predicted octanol–water partition coefficient (Wildman–Crippen LogP) is -0.870. The molecule has 0 aromatic heterocycles. The average Bonchev–Trinajstić information content (AvgIpc) is 2.48. The Morgan fingerprint density at radius 2 is 2.00 bits per heavy atom. The van der Waals surface area contributed by atoms with E-state index in [0.29, 0.717) is 31.0 Å². The lowest BCUT2D eigenvalue weighted by atomic mass is 10.1. The van der Waals surface area contributed by atoms with Gasteiger partial charge < -0.3 is 9.80 Å². The highest BCUT2D eigenvalue weighted by molar-refractivity contribution is 7.84. The first-order valence-corrected chi connectivity index (χ1v) is 8.63. The first-order chi connectivity index (χ1) is 9.52. The third kappa shape index (κ3) is 3.38. The van der Waals surface area contributed by atoms with E-state index in [1.807, 2.05) is 14.0 Å². The molecule has 114 valence electrons. The molecular weight excluding hydrogens is 278 g/mol. The highest BCUT2D eigenvalue weighted by atomic mass is 32.2. The van der Waals surface area contributed by atoms with Crippen molar-refractivity contribution in [3.63, 3.8) is 0 Å². The Morgan fingerprint density at radius 3 is 2.70 bits per heavy atom. The van der Waals surface area contributed by atoms with E-state index < -0.39 is 10.8 Å². The molecule has 2 aliphatic rings. The third-order valence-electron chi connectivity index (χ3n) is 4.09. The van der Waals surface area contributed by atoms with Crippen molar-refractivity contribution in [3.05, 3.63) is 0 Å². The van der Waals surface area contributed by atoms with E-state index in [4.69, 9.17) is 0 Å². The number of fused-ring (bicyclic) bond motifs is 1. The topological polar surface area (TPSA) is 60.9 Å². The molecule has 20 heavy (non-hydrogen) atoms. The molecular formula is C13H23N3O3S. The number of hydrogen-bond donors (Lipinski definition) is 0. The minimum absolute atomic E-state index is 0.0208. The Morgan fingerprint density at radius 1 is 1.30 bits per heavy atom. The molecule has 0 aromatic rings. The van der Waals surface area contributed by atoms with E-state index >= 15 is 0 Å². The van der Waals surface area contributed by atoms with Gasteiger partial charge in [-0.25, -0.2) is 0 Å². The van der Waals surface area contributed by atoms with E-state index in [-0.39, 0.29) is 17.9 Å². The monoisotopic (exact) mass is 301 g/mol. The summed E-state index contributed by atoms with van der Waals surface area (Å²) in [6.07, 6.45) is 0.317. The van der Waals surface area contributed by atoms with Crippen molar-refractivity contribution < 1.29 is 13.8 Å². The lowest BCUT2D eigenvalue weighted by Crippen LogP contribution is -2.64. The lowest BCUT2D eigenvalue weighted by molar-refractivity contribution is -0.147. The molecule has 0 unspecified atom stereocenters. The predicted molar refractivity (Wildman–Crippen MR) is 77.7 cm³/mol. The molecule has 0 aromatic carbocycles. The lowest BCUT2D eigenvalue weighted by Gasteiger charge is -2.45. The minimum atomic E-state index is -0.906. The molecule has 2 fully saturated rings. The second kappa shape index (κ2) is 6.67. The van der Waals surface area contributed by atoms with Gasteiger partial charge in [0.15, 0.2) is 0 Å². The quantitative estimate of drug-likeness (QED) is 0.677.